The van der Waals surface area contributed by atoms with Crippen molar-refractivity contribution in [2.24, 2.45) is 0 Å². The Morgan fingerprint density at radius 1 is 1.29 bits per heavy atom. The first-order valence-corrected chi connectivity index (χ1v) is 6.59. The number of carbonyl (C=O) groups is 1. The lowest BCUT2D eigenvalue weighted by Gasteiger charge is -2.11. The van der Waals surface area contributed by atoms with Crippen molar-refractivity contribution < 1.29 is 13.9 Å². The van der Waals surface area contributed by atoms with E-state index >= 15 is 0 Å². The summed E-state index contributed by atoms with van der Waals surface area (Å²) >= 11 is 11.8. The van der Waals surface area contributed by atoms with Gasteiger partial charge in [0.25, 0.3) is 0 Å². The Balaban J connectivity index is 2.44. The van der Waals surface area contributed by atoms with Crippen LogP contribution in [0.5, 0.6) is 11.5 Å². The summed E-state index contributed by atoms with van der Waals surface area (Å²) in [6.07, 6.45) is 0.502. The standard InChI is InChI=1S/C15H8Cl2FNO2/c16-11-5-9(8-19)6-12(7-11)21-15-13(17)2-1-10(3-4-20)14(15)18/h1-2,4-7H,3H2. The van der Waals surface area contributed by atoms with Crippen LogP contribution in [0, 0.1) is 17.1 Å². The number of aldehydes is 1. The molecule has 0 heterocycles. The van der Waals surface area contributed by atoms with Crippen LogP contribution in [0.25, 0.3) is 0 Å². The number of ether oxygens (including phenoxy) is 1. The highest BCUT2D eigenvalue weighted by molar-refractivity contribution is 6.32. The normalized spacial score (nSPS) is 10.0. The maximum absolute atomic E-state index is 14.2. The number of halogens is 3. The molecule has 0 spiro atoms. The summed E-state index contributed by atoms with van der Waals surface area (Å²) in [5, 5.41) is 9.21. The van der Waals surface area contributed by atoms with Crippen molar-refractivity contribution >= 4 is 29.5 Å². The molecule has 2 aromatic carbocycles. The zero-order chi connectivity index (χ0) is 15.4. The quantitative estimate of drug-likeness (QED) is 0.776. The Kier molecular flexibility index (Phi) is 4.79. The third-order valence-electron chi connectivity index (χ3n) is 2.65. The van der Waals surface area contributed by atoms with E-state index in [-0.39, 0.29) is 39.1 Å². The third-order valence-corrected chi connectivity index (χ3v) is 3.17. The van der Waals surface area contributed by atoms with E-state index in [2.05, 4.69) is 0 Å². The van der Waals surface area contributed by atoms with E-state index < -0.39 is 5.82 Å². The van der Waals surface area contributed by atoms with Gasteiger partial charge in [0.2, 0.25) is 0 Å². The topological polar surface area (TPSA) is 50.1 Å². The Hall–Kier alpha value is -2.09. The monoisotopic (exact) mass is 323 g/mol. The van der Waals surface area contributed by atoms with Gasteiger partial charge in [-0.1, -0.05) is 29.3 Å². The van der Waals surface area contributed by atoms with Crippen molar-refractivity contribution in [1.82, 2.24) is 0 Å². The van der Waals surface area contributed by atoms with Crippen LogP contribution in [0.4, 0.5) is 4.39 Å². The van der Waals surface area contributed by atoms with E-state index in [1.807, 2.05) is 6.07 Å². The molecular weight excluding hydrogens is 316 g/mol. The second kappa shape index (κ2) is 6.57. The number of carbonyl (C=O) groups excluding carboxylic acids is 1. The average Bonchev–Trinajstić information content (AvgIpc) is 2.46. The van der Waals surface area contributed by atoms with Gasteiger partial charge in [0.15, 0.2) is 11.6 Å². The van der Waals surface area contributed by atoms with Gasteiger partial charge in [-0.2, -0.15) is 5.26 Å². The molecule has 2 aromatic rings. The largest absolute Gasteiger partial charge is 0.453 e. The minimum atomic E-state index is -0.715. The first kappa shape index (κ1) is 15.3. The zero-order valence-corrected chi connectivity index (χ0v) is 12.1. The van der Waals surface area contributed by atoms with E-state index in [9.17, 15) is 9.18 Å². The van der Waals surface area contributed by atoms with Crippen LogP contribution in [0.15, 0.2) is 30.3 Å². The van der Waals surface area contributed by atoms with Crippen molar-refractivity contribution in [1.29, 1.82) is 5.26 Å². The first-order valence-electron chi connectivity index (χ1n) is 5.84. The summed E-state index contributed by atoms with van der Waals surface area (Å²) in [7, 11) is 0. The molecular formula is C15H8Cl2FNO2. The number of hydrogen-bond acceptors (Lipinski definition) is 3. The molecule has 0 aliphatic heterocycles. The maximum Gasteiger partial charge on any atom is 0.181 e. The summed E-state index contributed by atoms with van der Waals surface area (Å²) in [4.78, 5) is 10.5. The van der Waals surface area contributed by atoms with Crippen molar-refractivity contribution in [2.45, 2.75) is 6.42 Å². The Bertz CT molecular complexity index is 741. The molecule has 0 unspecified atom stereocenters. The molecule has 2 rings (SSSR count). The van der Waals surface area contributed by atoms with Gasteiger partial charge in [-0.3, -0.25) is 0 Å². The van der Waals surface area contributed by atoms with Crippen molar-refractivity contribution in [2.75, 3.05) is 0 Å². The number of benzene rings is 2. The molecule has 0 aliphatic rings. The molecule has 0 aliphatic carbocycles. The summed E-state index contributed by atoms with van der Waals surface area (Å²) in [5.74, 6) is -0.738. The smallest absolute Gasteiger partial charge is 0.181 e. The molecule has 0 saturated heterocycles. The van der Waals surface area contributed by atoms with E-state index in [1.54, 1.807) is 0 Å². The first-order chi connectivity index (χ1) is 10.0. The molecule has 0 bridgehead atoms. The van der Waals surface area contributed by atoms with Crippen LogP contribution in [0.3, 0.4) is 0 Å². The number of nitrogens with zero attached hydrogens (tertiary/aromatic N) is 1. The molecule has 0 radical (unpaired) electrons. The van der Waals surface area contributed by atoms with Gasteiger partial charge in [-0.25, -0.2) is 4.39 Å². The van der Waals surface area contributed by atoms with Crippen molar-refractivity contribution in [3.8, 4) is 17.6 Å². The Morgan fingerprint density at radius 3 is 2.71 bits per heavy atom. The highest BCUT2D eigenvalue weighted by Gasteiger charge is 2.15. The van der Waals surface area contributed by atoms with Gasteiger partial charge in [-0.05, 0) is 29.8 Å². The molecule has 0 N–H and O–H groups in total. The molecule has 6 heteroatoms. The second-order valence-corrected chi connectivity index (χ2v) is 4.95. The summed E-state index contributed by atoms with van der Waals surface area (Å²) in [6, 6.07) is 9.07. The molecule has 0 atom stereocenters. The molecule has 106 valence electrons. The molecule has 0 saturated carbocycles. The highest BCUT2D eigenvalue weighted by Crippen LogP contribution is 2.35. The summed E-state index contributed by atoms with van der Waals surface area (Å²) < 4.78 is 19.6. The fourth-order valence-corrected chi connectivity index (χ4v) is 2.13. The lowest BCUT2D eigenvalue weighted by molar-refractivity contribution is -0.107. The second-order valence-electron chi connectivity index (χ2n) is 4.11. The van der Waals surface area contributed by atoms with E-state index in [0.29, 0.717) is 6.29 Å². The predicted octanol–water partition coefficient (Wildman–Crippen LogP) is 4.54. The number of nitriles is 1. The van der Waals surface area contributed by atoms with Gasteiger partial charge in [0, 0.05) is 11.4 Å². The Morgan fingerprint density at radius 2 is 2.05 bits per heavy atom. The van der Waals surface area contributed by atoms with Crippen LogP contribution < -0.4 is 4.74 Å². The van der Waals surface area contributed by atoms with Crippen LogP contribution >= 0.6 is 23.2 Å². The summed E-state index contributed by atoms with van der Waals surface area (Å²) in [6.45, 7) is 0. The zero-order valence-electron chi connectivity index (χ0n) is 10.6. The SMILES string of the molecule is N#Cc1cc(Cl)cc(Oc2c(Cl)ccc(CC=O)c2F)c1. The van der Waals surface area contributed by atoms with Gasteiger partial charge in [0.1, 0.15) is 12.0 Å². The van der Waals surface area contributed by atoms with E-state index in [4.69, 9.17) is 33.2 Å². The fourth-order valence-electron chi connectivity index (χ4n) is 1.72. The van der Waals surface area contributed by atoms with Gasteiger partial charge in [-0.15, -0.1) is 0 Å². The van der Waals surface area contributed by atoms with Crippen molar-refractivity contribution in [3.63, 3.8) is 0 Å². The van der Waals surface area contributed by atoms with Crippen LogP contribution in [-0.4, -0.2) is 6.29 Å². The molecule has 0 amide bonds. The maximum atomic E-state index is 14.2. The third kappa shape index (κ3) is 3.52. The fraction of sp³-hybridized carbons (Fsp3) is 0.0667. The van der Waals surface area contributed by atoms with Crippen molar-refractivity contribution in [3.05, 3.63) is 57.3 Å². The van der Waals surface area contributed by atoms with E-state index in [0.717, 1.165) is 0 Å². The lowest BCUT2D eigenvalue weighted by atomic mass is 10.1. The Labute approximate surface area is 130 Å². The minimum Gasteiger partial charge on any atom is -0.453 e. The number of hydrogen-bond donors (Lipinski definition) is 0. The van der Waals surface area contributed by atoms with Gasteiger partial charge >= 0.3 is 0 Å². The van der Waals surface area contributed by atoms with Gasteiger partial charge < -0.3 is 9.53 Å². The average molecular weight is 324 g/mol. The predicted molar refractivity (Wildman–Crippen MR) is 77.4 cm³/mol. The molecule has 0 aromatic heterocycles. The molecule has 21 heavy (non-hydrogen) atoms. The highest BCUT2D eigenvalue weighted by atomic mass is 35.5. The lowest BCUT2D eigenvalue weighted by Crippen LogP contribution is -1.97. The molecule has 0 fully saturated rings. The van der Waals surface area contributed by atoms with Crippen LogP contribution in [-0.2, 0) is 11.2 Å². The minimum absolute atomic E-state index is 0.0561. The van der Waals surface area contributed by atoms with Crippen LogP contribution in [0.1, 0.15) is 11.1 Å². The van der Waals surface area contributed by atoms with Gasteiger partial charge in [0.05, 0.1) is 16.7 Å². The van der Waals surface area contributed by atoms with E-state index in [1.165, 1.54) is 30.3 Å². The molecule has 3 nitrogen and oxygen atoms in total. The van der Waals surface area contributed by atoms with Crippen LogP contribution in [0.2, 0.25) is 10.0 Å². The number of rotatable bonds is 4. The summed E-state index contributed by atoms with van der Waals surface area (Å²) in [5.41, 5.74) is 0.449.